The number of carboxylic acid groups (broad SMARTS) is 1. The van der Waals surface area contributed by atoms with E-state index in [-0.39, 0.29) is 29.3 Å². The molecule has 0 saturated carbocycles. The lowest BCUT2D eigenvalue weighted by molar-refractivity contribution is 0.105. The highest BCUT2D eigenvalue weighted by molar-refractivity contribution is 6.36. The normalized spacial score (nSPS) is 18.1. The van der Waals surface area contributed by atoms with Crippen molar-refractivity contribution in [2.45, 2.75) is 24.9 Å². The number of halogens is 2. The lowest BCUT2D eigenvalue weighted by atomic mass is 10.0. The van der Waals surface area contributed by atoms with Crippen LogP contribution in [-0.4, -0.2) is 88.4 Å². The first-order valence-corrected chi connectivity index (χ1v) is 13.3. The van der Waals surface area contributed by atoms with Crippen LogP contribution in [-0.2, 0) is 0 Å². The molecule has 2 aromatic carbocycles. The maximum Gasteiger partial charge on any atom is 0.407 e. The van der Waals surface area contributed by atoms with E-state index in [2.05, 4.69) is 26.9 Å². The molecule has 1 amide bonds. The van der Waals surface area contributed by atoms with Crippen molar-refractivity contribution in [2.75, 3.05) is 45.2 Å². The maximum absolute atomic E-state index is 16.3. The number of aromatic nitrogens is 3. The zero-order chi connectivity index (χ0) is 27.3. The summed E-state index contributed by atoms with van der Waals surface area (Å²) >= 11 is 6.53. The quantitative estimate of drug-likeness (QED) is 0.362. The average Bonchev–Trinajstić information content (AvgIpc) is 3.30. The van der Waals surface area contributed by atoms with E-state index in [4.69, 9.17) is 16.3 Å². The van der Waals surface area contributed by atoms with Gasteiger partial charge in [0.25, 0.3) is 0 Å². The van der Waals surface area contributed by atoms with Crippen LogP contribution in [0.5, 0.6) is 6.01 Å². The van der Waals surface area contributed by atoms with Gasteiger partial charge in [-0.3, -0.25) is 4.98 Å². The fraction of sp³-hybridized carbons (Fsp3) is 0.357. The van der Waals surface area contributed by atoms with Crippen molar-refractivity contribution in [3.8, 4) is 17.3 Å². The Morgan fingerprint density at radius 3 is 2.72 bits per heavy atom. The summed E-state index contributed by atoms with van der Waals surface area (Å²) in [7, 11) is 3.87. The van der Waals surface area contributed by atoms with Crippen LogP contribution in [0.25, 0.3) is 32.9 Å². The molecule has 0 bridgehead atoms. The molecule has 1 atom stereocenters. The predicted octanol–water partition coefficient (Wildman–Crippen LogP) is 4.91. The summed E-state index contributed by atoms with van der Waals surface area (Å²) < 4.78 is 22.4. The van der Waals surface area contributed by atoms with Gasteiger partial charge in [0.1, 0.15) is 23.6 Å². The summed E-state index contributed by atoms with van der Waals surface area (Å²) in [5.74, 6) is -0.153. The van der Waals surface area contributed by atoms with Crippen LogP contribution in [0.4, 0.5) is 15.0 Å². The summed E-state index contributed by atoms with van der Waals surface area (Å²) in [6.07, 6.45) is 2.70. The Balaban J connectivity index is 1.45. The average molecular weight is 551 g/mol. The Kier molecular flexibility index (Phi) is 6.60. The number of likely N-dealkylation sites (N-methyl/N-ethyl adjacent to an activating group) is 2. The first kappa shape index (κ1) is 25.5. The van der Waals surface area contributed by atoms with E-state index in [1.54, 1.807) is 18.3 Å². The number of fused-ring (bicyclic) bond motifs is 2. The molecule has 2 aromatic heterocycles. The summed E-state index contributed by atoms with van der Waals surface area (Å²) in [6.45, 7) is 2.03. The molecule has 2 fully saturated rings. The Morgan fingerprint density at radius 2 is 2.00 bits per heavy atom. The van der Waals surface area contributed by atoms with Crippen molar-refractivity contribution in [3.63, 3.8) is 0 Å². The van der Waals surface area contributed by atoms with E-state index in [0.717, 1.165) is 24.8 Å². The molecule has 0 aliphatic carbocycles. The predicted molar refractivity (Wildman–Crippen MR) is 148 cm³/mol. The molecule has 1 N–H and O–H groups in total. The van der Waals surface area contributed by atoms with Crippen LogP contribution in [0.1, 0.15) is 12.8 Å². The third-order valence-electron chi connectivity index (χ3n) is 7.84. The Bertz CT molecular complexity index is 1580. The zero-order valence-electron chi connectivity index (χ0n) is 21.6. The second-order valence-electron chi connectivity index (χ2n) is 10.2. The number of hydrogen-bond donors (Lipinski definition) is 1. The number of amides is 1. The van der Waals surface area contributed by atoms with E-state index >= 15 is 4.39 Å². The molecule has 0 radical (unpaired) electrons. The number of benzene rings is 2. The Morgan fingerprint density at radius 1 is 1.23 bits per heavy atom. The minimum absolute atomic E-state index is 0.0751. The van der Waals surface area contributed by atoms with Crippen molar-refractivity contribution >= 4 is 45.2 Å². The van der Waals surface area contributed by atoms with Gasteiger partial charge in [0.05, 0.1) is 11.4 Å². The van der Waals surface area contributed by atoms with Crippen molar-refractivity contribution in [1.29, 1.82) is 0 Å². The first-order chi connectivity index (χ1) is 18.8. The van der Waals surface area contributed by atoms with Crippen LogP contribution in [0.2, 0.25) is 5.02 Å². The highest BCUT2D eigenvalue weighted by Gasteiger charge is 2.35. The lowest BCUT2D eigenvalue weighted by Gasteiger charge is -2.42. The largest absolute Gasteiger partial charge is 0.465 e. The Hall–Kier alpha value is -3.76. The lowest BCUT2D eigenvalue weighted by Crippen LogP contribution is -2.60. The molecule has 0 spiro atoms. The molecule has 2 aliphatic heterocycles. The summed E-state index contributed by atoms with van der Waals surface area (Å²) in [4.78, 5) is 30.4. The topological polar surface area (TPSA) is 94.9 Å². The monoisotopic (exact) mass is 550 g/mol. The number of nitrogens with zero attached hydrogens (tertiary/aromatic N) is 6. The molecule has 2 aliphatic rings. The molecule has 9 nitrogen and oxygen atoms in total. The van der Waals surface area contributed by atoms with Gasteiger partial charge in [-0.1, -0.05) is 41.9 Å². The molecule has 4 aromatic rings. The van der Waals surface area contributed by atoms with Gasteiger partial charge in [0.15, 0.2) is 5.82 Å². The molecular weight excluding hydrogens is 523 g/mol. The number of rotatable bonds is 6. The highest BCUT2D eigenvalue weighted by Crippen LogP contribution is 2.37. The molecule has 1 unspecified atom stereocenters. The molecule has 39 heavy (non-hydrogen) atoms. The van der Waals surface area contributed by atoms with Crippen molar-refractivity contribution in [3.05, 3.63) is 53.4 Å². The summed E-state index contributed by atoms with van der Waals surface area (Å²) in [5.41, 5.74) is 0.790. The summed E-state index contributed by atoms with van der Waals surface area (Å²) in [5, 5.41) is 11.8. The van der Waals surface area contributed by atoms with Gasteiger partial charge in [-0.2, -0.15) is 9.97 Å². The van der Waals surface area contributed by atoms with Gasteiger partial charge in [-0.25, -0.2) is 9.18 Å². The van der Waals surface area contributed by atoms with E-state index in [1.807, 2.05) is 36.2 Å². The van der Waals surface area contributed by atoms with Gasteiger partial charge in [-0.05, 0) is 37.9 Å². The second-order valence-corrected chi connectivity index (χ2v) is 10.6. The molecular formula is C28H28ClFN6O3. The highest BCUT2D eigenvalue weighted by atomic mass is 35.5. The zero-order valence-corrected chi connectivity index (χ0v) is 22.4. The fourth-order valence-corrected chi connectivity index (χ4v) is 5.71. The standard InChI is InChI=1S/C28H28ClFN6O3/c1-34-11-5-8-17(34)15-39-27-32-25-20(26(33-27)35(2)18-13-36(14-18)28(37)38)12-31-24(23(25)30)19-9-3-6-16-7-4-10-21(29)22(16)19/h3-4,6-7,9-10,12,17-18H,5,8,11,13-15H2,1-2H3,(H,37,38). The van der Waals surface area contributed by atoms with E-state index < -0.39 is 11.9 Å². The Labute approximate surface area is 229 Å². The number of likely N-dealkylation sites (tertiary alicyclic amines) is 2. The van der Waals surface area contributed by atoms with Crippen LogP contribution < -0.4 is 9.64 Å². The second kappa shape index (κ2) is 10.1. The molecule has 6 rings (SSSR count). The van der Waals surface area contributed by atoms with Crippen molar-refractivity contribution in [1.82, 2.24) is 24.8 Å². The van der Waals surface area contributed by atoms with Crippen molar-refractivity contribution < 1.29 is 19.0 Å². The van der Waals surface area contributed by atoms with Crippen molar-refractivity contribution in [2.24, 2.45) is 0 Å². The third-order valence-corrected chi connectivity index (χ3v) is 8.16. The number of pyridine rings is 1. The van der Waals surface area contributed by atoms with E-state index in [1.165, 1.54) is 4.90 Å². The SMILES string of the molecule is CN1CCCC1COc1nc(N(C)C2CN(C(=O)O)C2)c2cnc(-c3cccc4cccc(Cl)c34)c(F)c2n1. The first-order valence-electron chi connectivity index (χ1n) is 12.9. The van der Waals surface area contributed by atoms with Gasteiger partial charge in [0.2, 0.25) is 0 Å². The molecule has 11 heteroatoms. The number of hydrogen-bond acceptors (Lipinski definition) is 7. The van der Waals surface area contributed by atoms with Gasteiger partial charge < -0.3 is 24.5 Å². The number of ether oxygens (including phenoxy) is 1. The summed E-state index contributed by atoms with van der Waals surface area (Å²) in [6, 6.07) is 11.3. The van der Waals surface area contributed by atoms with E-state index in [9.17, 15) is 9.90 Å². The van der Waals surface area contributed by atoms with Gasteiger partial charge >= 0.3 is 12.1 Å². The minimum Gasteiger partial charge on any atom is -0.465 e. The van der Waals surface area contributed by atoms with Gasteiger partial charge in [0, 0.05) is 48.3 Å². The number of carbonyl (C=O) groups is 1. The van der Waals surface area contributed by atoms with Crippen LogP contribution in [0.15, 0.2) is 42.6 Å². The van der Waals surface area contributed by atoms with E-state index in [0.29, 0.717) is 46.9 Å². The van der Waals surface area contributed by atoms with Gasteiger partial charge in [-0.15, -0.1) is 0 Å². The minimum atomic E-state index is -0.969. The smallest absolute Gasteiger partial charge is 0.407 e. The third kappa shape index (κ3) is 4.57. The fourth-order valence-electron chi connectivity index (χ4n) is 5.43. The molecule has 2 saturated heterocycles. The van der Waals surface area contributed by atoms with Crippen LogP contribution >= 0.6 is 11.6 Å². The maximum atomic E-state index is 16.3. The molecule has 4 heterocycles. The van der Waals surface area contributed by atoms with Crippen LogP contribution in [0.3, 0.4) is 0 Å². The number of anilines is 1. The van der Waals surface area contributed by atoms with Crippen LogP contribution in [0, 0.1) is 5.82 Å². The molecule has 202 valence electrons.